The van der Waals surface area contributed by atoms with Gasteiger partial charge in [0.25, 0.3) is 0 Å². The minimum absolute atomic E-state index is 0.293. The highest BCUT2D eigenvalue weighted by molar-refractivity contribution is 7.10. The average Bonchev–Trinajstić information content (AvgIpc) is 3.08. The van der Waals surface area contributed by atoms with Crippen LogP contribution >= 0.6 is 11.5 Å². The van der Waals surface area contributed by atoms with Gasteiger partial charge in [-0.1, -0.05) is 4.49 Å². The fraction of sp³-hybridized carbons (Fsp3) is 0.500. The number of anilines is 1. The first kappa shape index (κ1) is 14.3. The van der Waals surface area contributed by atoms with Crippen molar-refractivity contribution in [3.05, 3.63) is 18.3 Å². The van der Waals surface area contributed by atoms with Gasteiger partial charge < -0.3 is 14.6 Å². The van der Waals surface area contributed by atoms with Crippen LogP contribution in [0.1, 0.15) is 5.82 Å². The lowest BCUT2D eigenvalue weighted by Gasteiger charge is -2.07. The van der Waals surface area contributed by atoms with Gasteiger partial charge in [0, 0.05) is 38.2 Å². The van der Waals surface area contributed by atoms with Crippen molar-refractivity contribution < 1.29 is 9.53 Å². The van der Waals surface area contributed by atoms with Crippen LogP contribution in [0.25, 0.3) is 0 Å². The molecule has 0 radical (unpaired) electrons. The van der Waals surface area contributed by atoms with Crippen LogP contribution in [0.15, 0.2) is 12.5 Å². The van der Waals surface area contributed by atoms with E-state index in [0.29, 0.717) is 31.1 Å². The van der Waals surface area contributed by atoms with Gasteiger partial charge in [-0.15, -0.1) is 15.3 Å². The summed E-state index contributed by atoms with van der Waals surface area (Å²) in [6, 6.07) is -0.293. The highest BCUT2D eigenvalue weighted by Crippen LogP contribution is 2.08. The van der Waals surface area contributed by atoms with Gasteiger partial charge in [0.2, 0.25) is 0 Å². The summed E-state index contributed by atoms with van der Waals surface area (Å²) in [4.78, 5) is 11.6. The molecule has 2 aromatic heterocycles. The zero-order valence-corrected chi connectivity index (χ0v) is 11.8. The molecule has 108 valence electrons. The molecule has 20 heavy (non-hydrogen) atoms. The molecule has 9 nitrogen and oxygen atoms in total. The Labute approximate surface area is 119 Å². The van der Waals surface area contributed by atoms with Crippen molar-refractivity contribution in [1.82, 2.24) is 29.7 Å². The van der Waals surface area contributed by atoms with Crippen molar-refractivity contribution in [1.29, 1.82) is 0 Å². The van der Waals surface area contributed by atoms with Gasteiger partial charge in [-0.3, -0.25) is 5.32 Å². The molecule has 0 fully saturated rings. The number of hydrogen-bond donors (Lipinski definition) is 2. The molecule has 0 aliphatic heterocycles. The Balaban J connectivity index is 1.72. The molecule has 0 saturated heterocycles. The maximum Gasteiger partial charge on any atom is 0.319 e. The van der Waals surface area contributed by atoms with Crippen LogP contribution in [0, 0.1) is 0 Å². The summed E-state index contributed by atoms with van der Waals surface area (Å²) >= 11 is 1.12. The smallest absolute Gasteiger partial charge is 0.319 e. The van der Waals surface area contributed by atoms with Gasteiger partial charge in [-0.25, -0.2) is 4.79 Å². The third-order valence-electron chi connectivity index (χ3n) is 2.46. The molecule has 2 rings (SSSR count). The first-order valence-electron chi connectivity index (χ1n) is 5.97. The summed E-state index contributed by atoms with van der Waals surface area (Å²) in [5.74, 6) is 0.807. The normalized spacial score (nSPS) is 10.4. The number of amides is 2. The van der Waals surface area contributed by atoms with Crippen molar-refractivity contribution in [2.24, 2.45) is 0 Å². The molecule has 0 atom stereocenters. The summed E-state index contributed by atoms with van der Waals surface area (Å²) in [6.07, 6.45) is 3.74. The number of aromatic nitrogens is 5. The molecule has 0 unspecified atom stereocenters. The summed E-state index contributed by atoms with van der Waals surface area (Å²) in [7, 11) is 1.64. The quantitative estimate of drug-likeness (QED) is 0.753. The van der Waals surface area contributed by atoms with E-state index in [-0.39, 0.29) is 6.03 Å². The molecule has 0 aromatic carbocycles. The number of hydrogen-bond acceptors (Lipinski definition) is 7. The molecule has 2 aromatic rings. The van der Waals surface area contributed by atoms with Crippen molar-refractivity contribution in [2.45, 2.75) is 13.0 Å². The van der Waals surface area contributed by atoms with Gasteiger partial charge in [0.15, 0.2) is 0 Å². The fourth-order valence-electron chi connectivity index (χ4n) is 1.52. The van der Waals surface area contributed by atoms with Crippen molar-refractivity contribution in [3.63, 3.8) is 0 Å². The van der Waals surface area contributed by atoms with Crippen LogP contribution in [-0.2, 0) is 17.7 Å². The number of rotatable bonds is 7. The predicted octanol–water partition coefficient (Wildman–Crippen LogP) is 0.140. The SMILES string of the molecule is COCCn1cnnc1CCNC(=O)Nc1cnns1. The summed E-state index contributed by atoms with van der Waals surface area (Å²) < 4.78 is 10.6. The molecule has 0 spiro atoms. The Morgan fingerprint density at radius 3 is 3.15 bits per heavy atom. The molecule has 2 amide bonds. The van der Waals surface area contributed by atoms with E-state index in [9.17, 15) is 4.79 Å². The largest absolute Gasteiger partial charge is 0.383 e. The van der Waals surface area contributed by atoms with Gasteiger partial charge in [-0.2, -0.15) is 0 Å². The number of ether oxygens (including phenoxy) is 1. The molecule has 0 aliphatic carbocycles. The second kappa shape index (κ2) is 7.50. The van der Waals surface area contributed by atoms with Crippen LogP contribution in [0.2, 0.25) is 0 Å². The first-order chi connectivity index (χ1) is 9.79. The zero-order chi connectivity index (χ0) is 14.2. The van der Waals surface area contributed by atoms with E-state index in [1.54, 1.807) is 13.4 Å². The second-order valence-electron chi connectivity index (χ2n) is 3.85. The van der Waals surface area contributed by atoms with Gasteiger partial charge in [0.05, 0.1) is 12.8 Å². The van der Waals surface area contributed by atoms with E-state index in [4.69, 9.17) is 4.74 Å². The third kappa shape index (κ3) is 4.24. The topological polar surface area (TPSA) is 107 Å². The third-order valence-corrected chi connectivity index (χ3v) is 3.04. The Kier molecular flexibility index (Phi) is 5.38. The highest BCUT2D eigenvalue weighted by atomic mass is 32.1. The predicted molar refractivity (Wildman–Crippen MR) is 72.5 cm³/mol. The Hall–Kier alpha value is -2.07. The van der Waals surface area contributed by atoms with E-state index in [0.717, 1.165) is 17.4 Å². The van der Waals surface area contributed by atoms with Crippen molar-refractivity contribution >= 4 is 22.6 Å². The summed E-state index contributed by atoms with van der Waals surface area (Å²) in [5.41, 5.74) is 0. The average molecular weight is 297 g/mol. The van der Waals surface area contributed by atoms with E-state index < -0.39 is 0 Å². The highest BCUT2D eigenvalue weighted by Gasteiger charge is 2.06. The zero-order valence-electron chi connectivity index (χ0n) is 10.9. The Morgan fingerprint density at radius 2 is 2.40 bits per heavy atom. The van der Waals surface area contributed by atoms with Crippen molar-refractivity contribution in [2.75, 3.05) is 25.6 Å². The maximum atomic E-state index is 11.6. The first-order valence-corrected chi connectivity index (χ1v) is 6.74. The summed E-state index contributed by atoms with van der Waals surface area (Å²) in [6.45, 7) is 1.75. The lowest BCUT2D eigenvalue weighted by atomic mass is 10.4. The minimum atomic E-state index is -0.293. The molecule has 0 aliphatic rings. The molecule has 10 heteroatoms. The van der Waals surface area contributed by atoms with E-state index >= 15 is 0 Å². The monoisotopic (exact) mass is 297 g/mol. The number of carbonyl (C=O) groups excluding carboxylic acids is 1. The van der Waals surface area contributed by atoms with E-state index in [1.807, 2.05) is 4.57 Å². The van der Waals surface area contributed by atoms with Gasteiger partial charge in [0.1, 0.15) is 17.2 Å². The van der Waals surface area contributed by atoms with Crippen LogP contribution in [0.3, 0.4) is 0 Å². The van der Waals surface area contributed by atoms with Gasteiger partial charge in [-0.05, 0) is 0 Å². The number of nitrogens with zero attached hydrogens (tertiary/aromatic N) is 5. The number of carbonyl (C=O) groups is 1. The molecule has 0 bridgehead atoms. The number of nitrogens with one attached hydrogen (secondary N) is 2. The number of methoxy groups -OCH3 is 1. The van der Waals surface area contributed by atoms with Crippen LogP contribution in [0.4, 0.5) is 9.80 Å². The Morgan fingerprint density at radius 1 is 1.50 bits per heavy atom. The van der Waals surface area contributed by atoms with Crippen LogP contribution < -0.4 is 10.6 Å². The number of urea groups is 1. The molecule has 2 N–H and O–H groups in total. The van der Waals surface area contributed by atoms with Crippen LogP contribution in [-0.4, -0.2) is 50.6 Å². The summed E-state index contributed by atoms with van der Waals surface area (Å²) in [5, 5.41) is 17.5. The molecular weight excluding hydrogens is 282 g/mol. The lowest BCUT2D eigenvalue weighted by Crippen LogP contribution is -2.30. The van der Waals surface area contributed by atoms with Crippen molar-refractivity contribution in [3.8, 4) is 0 Å². The van der Waals surface area contributed by atoms with Gasteiger partial charge >= 0.3 is 6.03 Å². The van der Waals surface area contributed by atoms with E-state index in [1.165, 1.54) is 6.20 Å². The minimum Gasteiger partial charge on any atom is -0.383 e. The fourth-order valence-corrected chi connectivity index (χ4v) is 1.93. The maximum absolute atomic E-state index is 11.6. The molecule has 0 saturated carbocycles. The molecule has 2 heterocycles. The standard InChI is InChI=1S/C10H15N7O2S/c1-19-5-4-17-7-13-15-8(17)2-3-11-10(18)14-9-6-12-16-20-9/h6-7H,2-5H2,1H3,(H2,11,14,18). The second-order valence-corrected chi connectivity index (χ2v) is 4.63. The Bertz CT molecular complexity index is 527. The van der Waals surface area contributed by atoms with Crippen LogP contribution in [0.5, 0.6) is 0 Å². The molecular formula is C10H15N7O2S. The lowest BCUT2D eigenvalue weighted by molar-refractivity contribution is 0.186. The van der Waals surface area contributed by atoms with E-state index in [2.05, 4.69) is 30.4 Å².